The van der Waals surface area contributed by atoms with E-state index in [4.69, 9.17) is 0 Å². The first-order valence-corrected chi connectivity index (χ1v) is 8.49. The van der Waals surface area contributed by atoms with Crippen molar-refractivity contribution in [2.75, 3.05) is 25.0 Å². The molecule has 0 heterocycles. The molecule has 0 bridgehead atoms. The van der Waals surface area contributed by atoms with Crippen molar-refractivity contribution in [1.82, 2.24) is 10.2 Å². The number of rotatable bonds is 9. The fourth-order valence-corrected chi connectivity index (χ4v) is 2.72. The summed E-state index contributed by atoms with van der Waals surface area (Å²) in [6, 6.07) is 6.40. The molecule has 0 aliphatic heterocycles. The molecule has 1 fully saturated rings. The Morgan fingerprint density at radius 3 is 2.50 bits per heavy atom. The smallest absolute Gasteiger partial charge is 0.238 e. The number of amides is 2. The van der Waals surface area contributed by atoms with E-state index in [9.17, 15) is 9.59 Å². The van der Waals surface area contributed by atoms with E-state index in [1.165, 1.54) is 0 Å². The lowest BCUT2D eigenvalue weighted by molar-refractivity contribution is -0.122. The van der Waals surface area contributed by atoms with E-state index in [0.29, 0.717) is 32.1 Å². The Balaban J connectivity index is 1.87. The molecular weight excluding hydrogens is 302 g/mol. The van der Waals surface area contributed by atoms with Gasteiger partial charge in [-0.3, -0.25) is 14.5 Å². The van der Waals surface area contributed by atoms with Gasteiger partial charge >= 0.3 is 0 Å². The second kappa shape index (κ2) is 8.64. The molecule has 0 atom stereocenters. The number of benzene rings is 1. The number of carbonyl (C=O) groups excluding carboxylic acids is 2. The molecular formula is C19H27N3O2. The molecule has 2 amide bonds. The number of anilines is 1. The minimum Gasteiger partial charge on any atom is -0.353 e. The third-order valence-electron chi connectivity index (χ3n) is 4.23. The number of nitrogens with zero attached hydrogens (tertiary/aromatic N) is 1. The van der Waals surface area contributed by atoms with Crippen LogP contribution in [0.25, 0.3) is 0 Å². The largest absolute Gasteiger partial charge is 0.353 e. The summed E-state index contributed by atoms with van der Waals surface area (Å²) in [6.45, 7) is 8.98. The first-order chi connectivity index (χ1) is 11.5. The van der Waals surface area contributed by atoms with E-state index in [0.717, 1.165) is 29.7 Å². The summed E-state index contributed by atoms with van der Waals surface area (Å²) in [5.74, 6) is -0.0264. The molecule has 0 spiro atoms. The van der Waals surface area contributed by atoms with Gasteiger partial charge in [0.05, 0.1) is 6.54 Å². The molecule has 2 rings (SSSR count). The van der Waals surface area contributed by atoms with Gasteiger partial charge in [-0.1, -0.05) is 24.3 Å². The van der Waals surface area contributed by atoms with Gasteiger partial charge in [0.2, 0.25) is 11.8 Å². The minimum atomic E-state index is -0.0224. The van der Waals surface area contributed by atoms with Crippen molar-refractivity contribution in [3.63, 3.8) is 0 Å². The maximum absolute atomic E-state index is 12.4. The van der Waals surface area contributed by atoms with Crippen LogP contribution in [0.3, 0.4) is 0 Å². The van der Waals surface area contributed by atoms with Crippen LogP contribution in [0.15, 0.2) is 30.9 Å². The average Bonchev–Trinajstić information content (AvgIpc) is 3.38. The van der Waals surface area contributed by atoms with Gasteiger partial charge in [-0.2, -0.15) is 0 Å². The third kappa shape index (κ3) is 5.49. The minimum absolute atomic E-state index is 0.00398. The van der Waals surface area contributed by atoms with Crippen molar-refractivity contribution < 1.29 is 9.59 Å². The second-order valence-corrected chi connectivity index (χ2v) is 6.36. The monoisotopic (exact) mass is 329 g/mol. The Hall–Kier alpha value is -2.14. The zero-order valence-electron chi connectivity index (χ0n) is 14.6. The van der Waals surface area contributed by atoms with Crippen molar-refractivity contribution in [3.8, 4) is 0 Å². The first-order valence-electron chi connectivity index (χ1n) is 8.49. The predicted octanol–water partition coefficient (Wildman–Crippen LogP) is 2.40. The molecule has 24 heavy (non-hydrogen) atoms. The molecule has 0 radical (unpaired) electrons. The van der Waals surface area contributed by atoms with Crippen molar-refractivity contribution >= 4 is 17.5 Å². The first kappa shape index (κ1) is 18.2. The molecule has 5 nitrogen and oxygen atoms in total. The van der Waals surface area contributed by atoms with Crippen LogP contribution in [0.4, 0.5) is 5.69 Å². The molecule has 0 saturated heterocycles. The Bertz CT molecular complexity index is 588. The molecule has 1 aliphatic rings. The predicted molar refractivity (Wildman–Crippen MR) is 97.0 cm³/mol. The highest BCUT2D eigenvalue weighted by Gasteiger charge is 2.30. The molecule has 0 unspecified atom stereocenters. The van der Waals surface area contributed by atoms with Crippen LogP contribution >= 0.6 is 0 Å². The topological polar surface area (TPSA) is 61.4 Å². The molecule has 0 aromatic heterocycles. The van der Waals surface area contributed by atoms with Crippen LogP contribution in [0.2, 0.25) is 0 Å². The van der Waals surface area contributed by atoms with Gasteiger partial charge in [0.25, 0.3) is 0 Å². The Kier molecular flexibility index (Phi) is 6.55. The lowest BCUT2D eigenvalue weighted by Crippen LogP contribution is -2.38. The lowest BCUT2D eigenvalue weighted by atomic mass is 10.1. The Morgan fingerprint density at radius 1 is 1.25 bits per heavy atom. The maximum Gasteiger partial charge on any atom is 0.238 e. The van der Waals surface area contributed by atoms with Crippen LogP contribution in [-0.4, -0.2) is 42.4 Å². The molecule has 1 aromatic rings. The van der Waals surface area contributed by atoms with Gasteiger partial charge in [-0.15, -0.1) is 6.58 Å². The highest BCUT2D eigenvalue weighted by atomic mass is 16.2. The summed E-state index contributed by atoms with van der Waals surface area (Å²) in [5.41, 5.74) is 3.01. The van der Waals surface area contributed by atoms with Crippen LogP contribution in [-0.2, 0) is 9.59 Å². The summed E-state index contributed by atoms with van der Waals surface area (Å²) in [6.07, 6.45) is 4.27. The van der Waals surface area contributed by atoms with E-state index in [1.54, 1.807) is 6.08 Å². The molecule has 130 valence electrons. The summed E-state index contributed by atoms with van der Waals surface area (Å²) in [7, 11) is 0. The molecule has 5 heteroatoms. The van der Waals surface area contributed by atoms with Crippen LogP contribution < -0.4 is 10.6 Å². The highest BCUT2D eigenvalue weighted by Crippen LogP contribution is 2.27. The fraction of sp³-hybridized carbons (Fsp3) is 0.474. The average molecular weight is 329 g/mol. The Labute approximate surface area is 144 Å². The standard InChI is InChI=1S/C19H27N3O2/c1-4-11-20-17(23)10-12-22(16-8-9-16)13-18(24)21-19-14(2)6-5-7-15(19)3/h4-7,16H,1,8-13H2,2-3H3,(H,20,23)(H,21,24). The van der Waals surface area contributed by atoms with Gasteiger partial charge in [0.15, 0.2) is 0 Å². The Morgan fingerprint density at radius 2 is 1.92 bits per heavy atom. The van der Waals surface area contributed by atoms with Crippen molar-refractivity contribution in [3.05, 3.63) is 42.0 Å². The van der Waals surface area contributed by atoms with Crippen molar-refractivity contribution in [1.29, 1.82) is 0 Å². The summed E-state index contributed by atoms with van der Waals surface area (Å²) >= 11 is 0. The van der Waals surface area contributed by atoms with Crippen LogP contribution in [0.1, 0.15) is 30.4 Å². The van der Waals surface area contributed by atoms with Gasteiger partial charge in [-0.05, 0) is 37.8 Å². The lowest BCUT2D eigenvalue weighted by Gasteiger charge is -2.21. The molecule has 2 N–H and O–H groups in total. The summed E-state index contributed by atoms with van der Waals surface area (Å²) < 4.78 is 0. The highest BCUT2D eigenvalue weighted by molar-refractivity contribution is 5.93. The van der Waals surface area contributed by atoms with E-state index in [-0.39, 0.29) is 11.8 Å². The van der Waals surface area contributed by atoms with Crippen molar-refractivity contribution in [2.24, 2.45) is 0 Å². The zero-order valence-corrected chi connectivity index (χ0v) is 14.6. The van der Waals surface area contributed by atoms with Crippen molar-refractivity contribution in [2.45, 2.75) is 39.2 Å². The normalized spacial score (nSPS) is 13.6. The number of hydrogen-bond donors (Lipinski definition) is 2. The van der Waals surface area contributed by atoms with E-state index >= 15 is 0 Å². The van der Waals surface area contributed by atoms with E-state index in [2.05, 4.69) is 22.1 Å². The fourth-order valence-electron chi connectivity index (χ4n) is 2.72. The SMILES string of the molecule is C=CCNC(=O)CCN(CC(=O)Nc1c(C)cccc1C)C1CC1. The van der Waals surface area contributed by atoms with Gasteiger partial charge < -0.3 is 10.6 Å². The van der Waals surface area contributed by atoms with Gasteiger partial charge in [-0.25, -0.2) is 0 Å². The number of carbonyl (C=O) groups is 2. The summed E-state index contributed by atoms with van der Waals surface area (Å²) in [5, 5.41) is 5.79. The maximum atomic E-state index is 12.4. The van der Waals surface area contributed by atoms with Crippen LogP contribution in [0.5, 0.6) is 0 Å². The number of aryl methyl sites for hydroxylation is 2. The zero-order chi connectivity index (χ0) is 17.5. The second-order valence-electron chi connectivity index (χ2n) is 6.36. The number of nitrogens with one attached hydrogen (secondary N) is 2. The van der Waals surface area contributed by atoms with E-state index < -0.39 is 0 Å². The van der Waals surface area contributed by atoms with Crippen LogP contribution in [0, 0.1) is 13.8 Å². The molecule has 1 saturated carbocycles. The summed E-state index contributed by atoms with van der Waals surface area (Å²) in [4.78, 5) is 26.2. The number of hydrogen-bond acceptors (Lipinski definition) is 3. The third-order valence-corrected chi connectivity index (χ3v) is 4.23. The molecule has 1 aliphatic carbocycles. The van der Waals surface area contributed by atoms with E-state index in [1.807, 2.05) is 32.0 Å². The molecule has 1 aromatic carbocycles. The quantitative estimate of drug-likeness (QED) is 0.684. The van der Waals surface area contributed by atoms with Gasteiger partial charge in [0, 0.05) is 31.2 Å². The van der Waals surface area contributed by atoms with Gasteiger partial charge in [0.1, 0.15) is 0 Å². The number of para-hydroxylation sites is 1.